The van der Waals surface area contributed by atoms with Gasteiger partial charge in [-0.25, -0.2) is 8.42 Å². The molecule has 7 nitrogen and oxygen atoms in total. The van der Waals surface area contributed by atoms with E-state index in [1.165, 1.54) is 12.3 Å². The highest BCUT2D eigenvalue weighted by molar-refractivity contribution is 7.89. The second kappa shape index (κ2) is 4.69. The molecule has 0 saturated heterocycles. The molecule has 0 bridgehead atoms. The number of carboxylic acid groups (broad SMARTS) is 1. The quantitative estimate of drug-likeness (QED) is 0.738. The van der Waals surface area contributed by atoms with Crippen LogP contribution in [0.2, 0.25) is 0 Å². The largest absolute Gasteiger partial charge is 0.480 e. The predicted octanol–water partition coefficient (Wildman–Crippen LogP) is 0.475. The number of aromatic amines is 1. The van der Waals surface area contributed by atoms with Crippen molar-refractivity contribution in [1.29, 1.82) is 0 Å². The molecule has 1 aromatic rings. The number of sulfonamides is 1. The molecule has 1 aliphatic rings. The normalized spacial score (nSPS) is 19.6. The van der Waals surface area contributed by atoms with Crippen molar-refractivity contribution in [2.45, 2.75) is 42.7 Å². The van der Waals surface area contributed by atoms with Gasteiger partial charge in [0.05, 0.1) is 6.20 Å². The molecule has 3 N–H and O–H groups in total. The van der Waals surface area contributed by atoms with Gasteiger partial charge in [0.2, 0.25) is 0 Å². The van der Waals surface area contributed by atoms with Gasteiger partial charge < -0.3 is 5.11 Å². The van der Waals surface area contributed by atoms with E-state index in [0.717, 1.165) is 6.42 Å². The zero-order chi connectivity index (χ0) is 13.2. The Morgan fingerprint density at radius 3 is 2.56 bits per heavy atom. The third kappa shape index (κ3) is 2.39. The first kappa shape index (κ1) is 13.0. The Hall–Kier alpha value is -1.41. The molecule has 0 radical (unpaired) electrons. The summed E-state index contributed by atoms with van der Waals surface area (Å²) in [5.74, 6) is -1.12. The van der Waals surface area contributed by atoms with Crippen LogP contribution in [0.3, 0.4) is 0 Å². The van der Waals surface area contributed by atoms with Gasteiger partial charge in [-0.15, -0.1) is 0 Å². The zero-order valence-electron chi connectivity index (χ0n) is 9.72. The van der Waals surface area contributed by atoms with Crippen LogP contribution in [0.5, 0.6) is 0 Å². The molecule has 0 aromatic carbocycles. The van der Waals surface area contributed by atoms with E-state index in [1.807, 2.05) is 0 Å². The third-order valence-corrected chi connectivity index (χ3v) is 4.68. The maximum atomic E-state index is 12.0. The fourth-order valence-corrected chi connectivity index (χ4v) is 3.55. The van der Waals surface area contributed by atoms with Crippen molar-refractivity contribution in [3.05, 3.63) is 12.3 Å². The highest BCUT2D eigenvalue weighted by Gasteiger charge is 2.43. The molecule has 2 rings (SSSR count). The number of carboxylic acids is 1. The van der Waals surface area contributed by atoms with Crippen LogP contribution in [0.15, 0.2) is 17.3 Å². The van der Waals surface area contributed by atoms with Crippen LogP contribution in [0.4, 0.5) is 0 Å². The molecular weight excluding hydrogens is 258 g/mol. The fraction of sp³-hybridized carbons (Fsp3) is 0.600. The molecule has 0 spiro atoms. The molecule has 0 aliphatic heterocycles. The smallest absolute Gasteiger partial charge is 0.324 e. The number of nitrogens with zero attached hydrogens (tertiary/aromatic N) is 1. The zero-order valence-corrected chi connectivity index (χ0v) is 10.5. The molecule has 1 heterocycles. The van der Waals surface area contributed by atoms with Crippen LogP contribution in [0.25, 0.3) is 0 Å². The van der Waals surface area contributed by atoms with Gasteiger partial charge in [0.1, 0.15) is 5.54 Å². The summed E-state index contributed by atoms with van der Waals surface area (Å²) in [7, 11) is -3.87. The molecular formula is C10H15N3O4S. The maximum absolute atomic E-state index is 12.0. The molecule has 18 heavy (non-hydrogen) atoms. The van der Waals surface area contributed by atoms with Crippen molar-refractivity contribution < 1.29 is 18.3 Å². The lowest BCUT2D eigenvalue weighted by Gasteiger charge is -2.33. The van der Waals surface area contributed by atoms with Crippen molar-refractivity contribution in [2.75, 3.05) is 0 Å². The van der Waals surface area contributed by atoms with Gasteiger partial charge in [-0.2, -0.15) is 9.82 Å². The van der Waals surface area contributed by atoms with E-state index in [9.17, 15) is 18.3 Å². The van der Waals surface area contributed by atoms with Crippen LogP contribution in [0.1, 0.15) is 32.1 Å². The lowest BCUT2D eigenvalue weighted by atomic mass is 9.83. The van der Waals surface area contributed by atoms with E-state index in [0.29, 0.717) is 25.7 Å². The lowest BCUT2D eigenvalue weighted by molar-refractivity contribution is -0.145. The van der Waals surface area contributed by atoms with Gasteiger partial charge >= 0.3 is 5.97 Å². The number of nitrogens with one attached hydrogen (secondary N) is 2. The standard InChI is InChI=1S/C10H15N3O4S/c14-9(15)10(5-2-1-3-6-10)13-18(16,17)8-4-7-11-12-8/h4,7,13H,1-3,5-6H2,(H,11,12)(H,14,15). The van der Waals surface area contributed by atoms with Crippen LogP contribution >= 0.6 is 0 Å². The Kier molecular flexibility index (Phi) is 3.40. The predicted molar refractivity (Wildman–Crippen MR) is 62.4 cm³/mol. The van der Waals surface area contributed by atoms with E-state index >= 15 is 0 Å². The summed E-state index contributed by atoms with van der Waals surface area (Å²) >= 11 is 0. The van der Waals surface area contributed by atoms with Gasteiger partial charge in [-0.05, 0) is 18.9 Å². The van der Waals surface area contributed by atoms with Gasteiger partial charge in [0, 0.05) is 0 Å². The van der Waals surface area contributed by atoms with E-state index in [2.05, 4.69) is 14.9 Å². The molecule has 8 heteroatoms. The van der Waals surface area contributed by atoms with E-state index in [1.54, 1.807) is 0 Å². The Morgan fingerprint density at radius 1 is 1.39 bits per heavy atom. The average Bonchev–Trinajstić information content (AvgIpc) is 2.83. The first-order valence-corrected chi connectivity index (χ1v) is 7.21. The third-order valence-electron chi connectivity index (χ3n) is 3.21. The maximum Gasteiger partial charge on any atom is 0.324 e. The minimum atomic E-state index is -3.87. The summed E-state index contributed by atoms with van der Waals surface area (Å²) in [5.41, 5.74) is -1.39. The number of aromatic nitrogens is 2. The fourth-order valence-electron chi connectivity index (χ4n) is 2.22. The molecule has 0 unspecified atom stereocenters. The molecule has 0 amide bonds. The summed E-state index contributed by atoms with van der Waals surface area (Å²) in [4.78, 5) is 11.4. The monoisotopic (exact) mass is 273 g/mol. The van der Waals surface area contributed by atoms with Crippen molar-refractivity contribution in [2.24, 2.45) is 0 Å². The number of carbonyl (C=O) groups is 1. The minimum Gasteiger partial charge on any atom is -0.480 e. The second-order valence-corrected chi connectivity index (χ2v) is 6.13. The first-order valence-electron chi connectivity index (χ1n) is 5.73. The molecule has 1 aromatic heterocycles. The van der Waals surface area contributed by atoms with Crippen LogP contribution in [-0.2, 0) is 14.8 Å². The molecule has 1 saturated carbocycles. The number of hydrogen-bond acceptors (Lipinski definition) is 4. The van der Waals surface area contributed by atoms with Gasteiger partial charge in [-0.1, -0.05) is 19.3 Å². The minimum absolute atomic E-state index is 0.117. The Labute approximate surface area is 105 Å². The highest BCUT2D eigenvalue weighted by Crippen LogP contribution is 2.29. The first-order chi connectivity index (χ1) is 8.46. The van der Waals surface area contributed by atoms with Crippen molar-refractivity contribution in [3.63, 3.8) is 0 Å². The van der Waals surface area contributed by atoms with Crippen LogP contribution in [0, 0.1) is 0 Å². The number of aliphatic carboxylic acids is 1. The van der Waals surface area contributed by atoms with Gasteiger partial charge in [-0.3, -0.25) is 9.89 Å². The van der Waals surface area contributed by atoms with Crippen LogP contribution in [-0.4, -0.2) is 35.2 Å². The SMILES string of the molecule is O=C(O)C1(NS(=O)(=O)c2ccn[nH]2)CCCCC1. The summed E-state index contributed by atoms with van der Waals surface area (Å²) in [6.07, 6.45) is 4.28. The molecule has 1 fully saturated rings. The molecule has 100 valence electrons. The summed E-state index contributed by atoms with van der Waals surface area (Å²) in [6.45, 7) is 0. The van der Waals surface area contributed by atoms with Crippen molar-refractivity contribution in [3.8, 4) is 0 Å². The Balaban J connectivity index is 2.27. The van der Waals surface area contributed by atoms with Crippen molar-refractivity contribution >= 4 is 16.0 Å². The second-order valence-electron chi connectivity index (χ2n) is 4.47. The molecule has 1 aliphatic carbocycles. The average molecular weight is 273 g/mol. The Morgan fingerprint density at radius 2 is 2.06 bits per heavy atom. The van der Waals surface area contributed by atoms with Gasteiger partial charge in [0.15, 0.2) is 5.03 Å². The number of rotatable bonds is 4. The summed E-state index contributed by atoms with van der Waals surface area (Å²) < 4.78 is 26.4. The highest BCUT2D eigenvalue weighted by atomic mass is 32.2. The number of hydrogen-bond donors (Lipinski definition) is 3. The van der Waals surface area contributed by atoms with Crippen molar-refractivity contribution in [1.82, 2.24) is 14.9 Å². The van der Waals surface area contributed by atoms with E-state index < -0.39 is 21.5 Å². The van der Waals surface area contributed by atoms with Gasteiger partial charge in [0.25, 0.3) is 10.0 Å². The van der Waals surface area contributed by atoms with E-state index in [-0.39, 0.29) is 5.03 Å². The Bertz CT molecular complexity index is 517. The summed E-state index contributed by atoms with van der Waals surface area (Å²) in [5, 5.41) is 15.1. The summed E-state index contributed by atoms with van der Waals surface area (Å²) in [6, 6.07) is 1.29. The van der Waals surface area contributed by atoms with E-state index in [4.69, 9.17) is 0 Å². The van der Waals surface area contributed by atoms with Crippen LogP contribution < -0.4 is 4.72 Å². The topological polar surface area (TPSA) is 112 Å². The molecule has 0 atom stereocenters. The number of H-pyrrole nitrogens is 1. The lowest BCUT2D eigenvalue weighted by Crippen LogP contribution is -2.55.